The predicted octanol–water partition coefficient (Wildman–Crippen LogP) is 1.04. The average Bonchev–Trinajstić information content (AvgIpc) is 2.47. The molecule has 0 amide bonds. The first-order valence-corrected chi connectivity index (χ1v) is 7.97. The van der Waals surface area contributed by atoms with E-state index in [4.69, 9.17) is 5.73 Å². The molecule has 0 aromatic carbocycles. The van der Waals surface area contributed by atoms with E-state index in [0.717, 1.165) is 19.0 Å². The van der Waals surface area contributed by atoms with E-state index in [1.807, 2.05) is 6.92 Å². The molecule has 0 aromatic rings. The van der Waals surface area contributed by atoms with Crippen LogP contribution in [0.4, 0.5) is 0 Å². The van der Waals surface area contributed by atoms with Gasteiger partial charge in [0.2, 0.25) is 0 Å². The Labute approximate surface area is 117 Å². The number of hydrogen-bond acceptors (Lipinski definition) is 4. The summed E-state index contributed by atoms with van der Waals surface area (Å²) in [6, 6.07) is 0.818. The van der Waals surface area contributed by atoms with Crippen LogP contribution in [-0.4, -0.2) is 65.8 Å². The first-order valence-electron chi connectivity index (χ1n) is 7.97. The van der Waals surface area contributed by atoms with Crippen molar-refractivity contribution < 1.29 is 5.11 Å². The van der Waals surface area contributed by atoms with Crippen LogP contribution in [0.15, 0.2) is 0 Å². The largest absolute Gasteiger partial charge is 0.394 e. The van der Waals surface area contributed by atoms with Crippen LogP contribution < -0.4 is 5.73 Å². The van der Waals surface area contributed by atoms with Gasteiger partial charge in [-0.05, 0) is 71.8 Å². The number of hydrogen-bond donors (Lipinski definition) is 2. The Morgan fingerprint density at radius 3 is 2.32 bits per heavy atom. The lowest BCUT2D eigenvalue weighted by Gasteiger charge is -2.40. The van der Waals surface area contributed by atoms with Crippen LogP contribution in [0.2, 0.25) is 0 Å². The van der Waals surface area contributed by atoms with Gasteiger partial charge in [-0.3, -0.25) is 0 Å². The number of piperidine rings is 2. The molecule has 2 heterocycles. The SMILES string of the molecule is CC(N)(CO)CCN1CCC(N2CCCCC2)CC1. The summed E-state index contributed by atoms with van der Waals surface area (Å²) in [5.41, 5.74) is 5.58. The summed E-state index contributed by atoms with van der Waals surface area (Å²) in [7, 11) is 0. The van der Waals surface area contributed by atoms with Crippen LogP contribution in [0.1, 0.15) is 45.4 Å². The van der Waals surface area contributed by atoms with E-state index in [2.05, 4.69) is 9.80 Å². The summed E-state index contributed by atoms with van der Waals surface area (Å²) in [6.45, 7) is 8.07. The fourth-order valence-electron chi connectivity index (χ4n) is 3.28. The highest BCUT2D eigenvalue weighted by Crippen LogP contribution is 2.21. The van der Waals surface area contributed by atoms with Crippen molar-refractivity contribution in [2.24, 2.45) is 5.73 Å². The number of rotatable bonds is 5. The molecule has 2 aliphatic heterocycles. The summed E-state index contributed by atoms with van der Waals surface area (Å²) in [5.74, 6) is 0. The van der Waals surface area contributed by atoms with Gasteiger partial charge in [-0.25, -0.2) is 0 Å². The van der Waals surface area contributed by atoms with Crippen molar-refractivity contribution in [1.29, 1.82) is 0 Å². The van der Waals surface area contributed by atoms with E-state index in [0.29, 0.717) is 0 Å². The summed E-state index contributed by atoms with van der Waals surface area (Å²) >= 11 is 0. The van der Waals surface area contributed by atoms with Gasteiger partial charge in [0.1, 0.15) is 0 Å². The maximum Gasteiger partial charge on any atom is 0.0608 e. The van der Waals surface area contributed by atoms with Gasteiger partial charge in [0.05, 0.1) is 6.61 Å². The minimum Gasteiger partial charge on any atom is -0.394 e. The van der Waals surface area contributed by atoms with Gasteiger partial charge in [0, 0.05) is 11.6 Å². The molecule has 1 atom stereocenters. The van der Waals surface area contributed by atoms with Crippen molar-refractivity contribution >= 4 is 0 Å². The quantitative estimate of drug-likeness (QED) is 0.783. The molecule has 2 fully saturated rings. The monoisotopic (exact) mass is 269 g/mol. The summed E-state index contributed by atoms with van der Waals surface area (Å²) in [4.78, 5) is 5.23. The van der Waals surface area contributed by atoms with Gasteiger partial charge in [0.15, 0.2) is 0 Å². The van der Waals surface area contributed by atoms with E-state index in [-0.39, 0.29) is 6.61 Å². The minimum absolute atomic E-state index is 0.0806. The Balaban J connectivity index is 1.67. The van der Waals surface area contributed by atoms with E-state index >= 15 is 0 Å². The fraction of sp³-hybridized carbons (Fsp3) is 1.00. The number of likely N-dealkylation sites (tertiary alicyclic amines) is 2. The lowest BCUT2D eigenvalue weighted by atomic mass is 9.97. The Bertz CT molecular complexity index is 256. The van der Waals surface area contributed by atoms with Crippen LogP contribution in [0.5, 0.6) is 0 Å². The van der Waals surface area contributed by atoms with Crippen molar-refractivity contribution in [2.75, 3.05) is 39.3 Å². The lowest BCUT2D eigenvalue weighted by Crippen LogP contribution is -2.49. The lowest BCUT2D eigenvalue weighted by molar-refractivity contribution is 0.0861. The average molecular weight is 269 g/mol. The molecule has 4 heteroatoms. The van der Waals surface area contributed by atoms with Crippen LogP contribution in [0.25, 0.3) is 0 Å². The zero-order valence-corrected chi connectivity index (χ0v) is 12.5. The molecular weight excluding hydrogens is 238 g/mol. The third kappa shape index (κ3) is 4.71. The zero-order valence-electron chi connectivity index (χ0n) is 12.5. The first-order chi connectivity index (χ1) is 9.11. The van der Waals surface area contributed by atoms with E-state index < -0.39 is 5.54 Å². The molecule has 0 saturated carbocycles. The Morgan fingerprint density at radius 1 is 1.11 bits per heavy atom. The van der Waals surface area contributed by atoms with Crippen molar-refractivity contribution in [3.63, 3.8) is 0 Å². The van der Waals surface area contributed by atoms with Gasteiger partial charge in [0.25, 0.3) is 0 Å². The third-order valence-corrected chi connectivity index (χ3v) is 4.82. The molecule has 0 bridgehead atoms. The minimum atomic E-state index is -0.413. The van der Waals surface area contributed by atoms with Crippen LogP contribution in [0, 0.1) is 0 Å². The molecule has 2 aliphatic rings. The molecule has 2 saturated heterocycles. The van der Waals surface area contributed by atoms with Crippen molar-refractivity contribution in [3.05, 3.63) is 0 Å². The number of aliphatic hydroxyl groups is 1. The maximum atomic E-state index is 9.19. The second-order valence-corrected chi connectivity index (χ2v) is 6.73. The molecule has 0 aromatic heterocycles. The van der Waals surface area contributed by atoms with E-state index in [1.54, 1.807) is 0 Å². The molecule has 4 nitrogen and oxygen atoms in total. The smallest absolute Gasteiger partial charge is 0.0608 e. The second kappa shape index (κ2) is 7.02. The van der Waals surface area contributed by atoms with Gasteiger partial charge in [-0.15, -0.1) is 0 Å². The highest BCUT2D eigenvalue weighted by Gasteiger charge is 2.26. The normalized spacial score (nSPS) is 27.3. The van der Waals surface area contributed by atoms with Crippen molar-refractivity contribution in [3.8, 4) is 0 Å². The summed E-state index contributed by atoms with van der Waals surface area (Å²) in [6.07, 6.45) is 7.70. The standard InChI is InChI=1S/C15H31N3O/c1-15(16,13-19)7-12-17-10-5-14(6-11-17)18-8-3-2-4-9-18/h14,19H,2-13,16H2,1H3. The third-order valence-electron chi connectivity index (χ3n) is 4.82. The highest BCUT2D eigenvalue weighted by atomic mass is 16.3. The van der Waals surface area contributed by atoms with Crippen LogP contribution in [-0.2, 0) is 0 Å². The molecular formula is C15H31N3O. The zero-order chi connectivity index (χ0) is 13.7. The summed E-state index contributed by atoms with van der Waals surface area (Å²) in [5, 5.41) is 9.19. The molecule has 1 unspecified atom stereocenters. The molecule has 2 rings (SSSR count). The second-order valence-electron chi connectivity index (χ2n) is 6.73. The van der Waals surface area contributed by atoms with Gasteiger partial charge < -0.3 is 20.6 Å². The van der Waals surface area contributed by atoms with Gasteiger partial charge >= 0.3 is 0 Å². The van der Waals surface area contributed by atoms with Crippen molar-refractivity contribution in [2.45, 2.75) is 57.0 Å². The molecule has 0 aliphatic carbocycles. The number of nitrogens with two attached hydrogens (primary N) is 1. The number of aliphatic hydroxyl groups excluding tert-OH is 1. The van der Waals surface area contributed by atoms with Gasteiger partial charge in [-0.1, -0.05) is 6.42 Å². The number of nitrogens with zero attached hydrogens (tertiary/aromatic N) is 2. The maximum absolute atomic E-state index is 9.19. The topological polar surface area (TPSA) is 52.7 Å². The molecule has 0 radical (unpaired) electrons. The van der Waals surface area contributed by atoms with E-state index in [1.165, 1.54) is 58.3 Å². The summed E-state index contributed by atoms with van der Waals surface area (Å²) < 4.78 is 0. The van der Waals surface area contributed by atoms with Crippen LogP contribution in [0.3, 0.4) is 0 Å². The Hall–Kier alpha value is -0.160. The Morgan fingerprint density at radius 2 is 1.74 bits per heavy atom. The van der Waals surface area contributed by atoms with Crippen molar-refractivity contribution in [1.82, 2.24) is 9.80 Å². The molecule has 0 spiro atoms. The predicted molar refractivity (Wildman–Crippen MR) is 79.2 cm³/mol. The highest BCUT2D eigenvalue weighted by molar-refractivity contribution is 4.84. The molecule has 3 N–H and O–H groups in total. The van der Waals surface area contributed by atoms with E-state index in [9.17, 15) is 5.11 Å². The Kier molecular flexibility index (Phi) is 5.63. The first kappa shape index (κ1) is 15.2. The van der Waals surface area contributed by atoms with Gasteiger partial charge in [-0.2, -0.15) is 0 Å². The molecule has 112 valence electrons. The molecule has 19 heavy (non-hydrogen) atoms. The fourth-order valence-corrected chi connectivity index (χ4v) is 3.28. The van der Waals surface area contributed by atoms with Crippen LogP contribution >= 0.6 is 0 Å².